The van der Waals surface area contributed by atoms with Gasteiger partial charge in [-0.05, 0) is 20.9 Å². The molecule has 0 aromatic heterocycles. The Bertz CT molecular complexity index is 219. The first-order valence-electron chi connectivity index (χ1n) is 5.19. The second kappa shape index (κ2) is 6.73. The quantitative estimate of drug-likeness (QED) is 0.668. The number of hydrogen-bond acceptors (Lipinski definition) is 3. The third-order valence-corrected chi connectivity index (χ3v) is 2.27. The van der Waals surface area contributed by atoms with Gasteiger partial charge < -0.3 is 9.64 Å². The normalized spacial score (nSPS) is 13.9. The van der Waals surface area contributed by atoms with Crippen LogP contribution in [0.4, 0.5) is 13.2 Å². The third kappa shape index (κ3) is 7.50. The Hall–Kier alpha value is -0.780. The molecule has 0 heterocycles. The van der Waals surface area contributed by atoms with Crippen molar-refractivity contribution in [3.63, 3.8) is 0 Å². The van der Waals surface area contributed by atoms with Gasteiger partial charge in [0.2, 0.25) is 0 Å². The maximum Gasteiger partial charge on any atom is 0.390 e. The van der Waals surface area contributed by atoms with Gasteiger partial charge in [0.1, 0.15) is 0 Å². The monoisotopic (exact) mass is 241 g/mol. The standard InChI is InChI=1S/C10H18F3NO2/c1-4-16-9(15)7-8(2)14(3)6-5-10(11,12)13/h8H,4-7H2,1-3H3. The predicted molar refractivity (Wildman–Crippen MR) is 54.0 cm³/mol. The molecular formula is C10H18F3NO2. The molecule has 0 aromatic carbocycles. The van der Waals surface area contributed by atoms with E-state index in [1.165, 1.54) is 4.90 Å². The summed E-state index contributed by atoms with van der Waals surface area (Å²) < 4.78 is 40.6. The Morgan fingerprint density at radius 2 is 2.00 bits per heavy atom. The number of carbonyl (C=O) groups is 1. The topological polar surface area (TPSA) is 29.5 Å². The third-order valence-electron chi connectivity index (χ3n) is 2.27. The Morgan fingerprint density at radius 3 is 2.44 bits per heavy atom. The second-order valence-electron chi connectivity index (χ2n) is 3.70. The Balaban J connectivity index is 3.90. The van der Waals surface area contributed by atoms with Crippen LogP contribution in [0.3, 0.4) is 0 Å². The highest BCUT2D eigenvalue weighted by molar-refractivity contribution is 5.69. The van der Waals surface area contributed by atoms with Crippen molar-refractivity contribution in [1.29, 1.82) is 0 Å². The molecule has 0 fully saturated rings. The number of alkyl halides is 3. The zero-order valence-corrected chi connectivity index (χ0v) is 9.80. The van der Waals surface area contributed by atoms with Crippen molar-refractivity contribution in [2.24, 2.45) is 0 Å². The summed E-state index contributed by atoms with van der Waals surface area (Å²) in [6, 6.07) is -0.249. The number of rotatable bonds is 6. The molecular weight excluding hydrogens is 223 g/mol. The number of carbonyl (C=O) groups excluding carboxylic acids is 1. The van der Waals surface area contributed by atoms with E-state index in [4.69, 9.17) is 4.74 Å². The summed E-state index contributed by atoms with van der Waals surface area (Å²) in [6.45, 7) is 3.57. The van der Waals surface area contributed by atoms with Crippen molar-refractivity contribution in [2.75, 3.05) is 20.2 Å². The van der Waals surface area contributed by atoms with Gasteiger partial charge in [-0.2, -0.15) is 13.2 Å². The average molecular weight is 241 g/mol. The lowest BCUT2D eigenvalue weighted by Gasteiger charge is -2.24. The summed E-state index contributed by atoms with van der Waals surface area (Å²) in [4.78, 5) is 12.6. The molecule has 6 heteroatoms. The highest BCUT2D eigenvalue weighted by Gasteiger charge is 2.28. The van der Waals surface area contributed by atoms with Gasteiger partial charge in [-0.15, -0.1) is 0 Å². The smallest absolute Gasteiger partial charge is 0.390 e. The molecule has 0 N–H and O–H groups in total. The van der Waals surface area contributed by atoms with Gasteiger partial charge in [0, 0.05) is 12.6 Å². The molecule has 96 valence electrons. The molecule has 0 saturated carbocycles. The maximum absolute atomic E-state index is 11.9. The first-order valence-corrected chi connectivity index (χ1v) is 5.19. The van der Waals surface area contributed by atoms with E-state index in [1.54, 1.807) is 20.9 Å². The van der Waals surface area contributed by atoms with Crippen molar-refractivity contribution in [3.8, 4) is 0 Å². The summed E-state index contributed by atoms with van der Waals surface area (Å²) in [5, 5.41) is 0. The largest absolute Gasteiger partial charge is 0.466 e. The van der Waals surface area contributed by atoms with E-state index >= 15 is 0 Å². The van der Waals surface area contributed by atoms with Gasteiger partial charge in [-0.1, -0.05) is 0 Å². The van der Waals surface area contributed by atoms with Crippen LogP contribution in [0.5, 0.6) is 0 Å². The summed E-state index contributed by atoms with van der Waals surface area (Å²) in [5.74, 6) is -0.381. The van der Waals surface area contributed by atoms with Crippen LogP contribution in [0, 0.1) is 0 Å². The minimum absolute atomic E-state index is 0.107. The summed E-state index contributed by atoms with van der Waals surface area (Å²) in [6.07, 6.45) is -4.91. The molecule has 0 aromatic rings. The van der Waals surface area contributed by atoms with Gasteiger partial charge in [0.25, 0.3) is 0 Å². The van der Waals surface area contributed by atoms with Crippen LogP contribution in [-0.4, -0.2) is 43.3 Å². The van der Waals surface area contributed by atoms with E-state index in [1.807, 2.05) is 0 Å². The Labute approximate surface area is 93.6 Å². The summed E-state index contributed by atoms with van der Waals surface area (Å²) in [5.41, 5.74) is 0. The SMILES string of the molecule is CCOC(=O)CC(C)N(C)CCC(F)(F)F. The van der Waals surface area contributed by atoms with Gasteiger partial charge in [-0.25, -0.2) is 0 Å². The Morgan fingerprint density at radius 1 is 1.44 bits per heavy atom. The molecule has 0 aliphatic heterocycles. The Kier molecular flexibility index (Phi) is 6.40. The predicted octanol–water partition coefficient (Wildman–Crippen LogP) is 2.21. The van der Waals surface area contributed by atoms with Crippen molar-refractivity contribution in [2.45, 2.75) is 38.9 Å². The minimum atomic E-state index is -4.15. The molecule has 0 aliphatic carbocycles. The fraction of sp³-hybridized carbons (Fsp3) is 0.900. The summed E-state index contributed by atoms with van der Waals surface area (Å²) >= 11 is 0. The molecule has 0 amide bonds. The van der Waals surface area contributed by atoms with E-state index in [-0.39, 0.29) is 31.6 Å². The number of hydrogen-bond donors (Lipinski definition) is 0. The number of ether oxygens (including phenoxy) is 1. The van der Waals surface area contributed by atoms with Crippen molar-refractivity contribution < 1.29 is 22.7 Å². The molecule has 0 bridgehead atoms. The lowest BCUT2D eigenvalue weighted by Crippen LogP contribution is -2.34. The van der Waals surface area contributed by atoms with Crippen LogP contribution >= 0.6 is 0 Å². The minimum Gasteiger partial charge on any atom is -0.466 e. The molecule has 0 aliphatic rings. The van der Waals surface area contributed by atoms with Gasteiger partial charge in [0.05, 0.1) is 19.4 Å². The van der Waals surface area contributed by atoms with Crippen LogP contribution in [0.25, 0.3) is 0 Å². The molecule has 16 heavy (non-hydrogen) atoms. The van der Waals surface area contributed by atoms with Gasteiger partial charge in [-0.3, -0.25) is 4.79 Å². The van der Waals surface area contributed by atoms with Crippen molar-refractivity contribution in [1.82, 2.24) is 4.90 Å². The van der Waals surface area contributed by atoms with E-state index in [2.05, 4.69) is 0 Å². The molecule has 3 nitrogen and oxygen atoms in total. The first kappa shape index (κ1) is 15.2. The number of halogens is 3. The van der Waals surface area contributed by atoms with Gasteiger partial charge in [0.15, 0.2) is 0 Å². The number of nitrogens with zero attached hydrogens (tertiary/aromatic N) is 1. The molecule has 0 radical (unpaired) electrons. The van der Waals surface area contributed by atoms with Crippen LogP contribution in [0.1, 0.15) is 26.7 Å². The fourth-order valence-corrected chi connectivity index (χ4v) is 1.14. The zero-order chi connectivity index (χ0) is 12.8. The van der Waals surface area contributed by atoms with E-state index < -0.39 is 12.6 Å². The van der Waals surface area contributed by atoms with E-state index in [0.717, 1.165) is 0 Å². The molecule has 0 saturated heterocycles. The summed E-state index contributed by atoms with van der Waals surface area (Å²) in [7, 11) is 1.57. The molecule has 0 rings (SSSR count). The highest BCUT2D eigenvalue weighted by atomic mass is 19.4. The lowest BCUT2D eigenvalue weighted by molar-refractivity contribution is -0.145. The van der Waals surface area contributed by atoms with Crippen LogP contribution in [-0.2, 0) is 9.53 Å². The van der Waals surface area contributed by atoms with E-state index in [9.17, 15) is 18.0 Å². The van der Waals surface area contributed by atoms with Crippen LogP contribution < -0.4 is 0 Å². The lowest BCUT2D eigenvalue weighted by atomic mass is 10.2. The van der Waals surface area contributed by atoms with Crippen LogP contribution in [0.15, 0.2) is 0 Å². The first-order chi connectivity index (χ1) is 7.26. The molecule has 0 spiro atoms. The highest BCUT2D eigenvalue weighted by Crippen LogP contribution is 2.20. The zero-order valence-electron chi connectivity index (χ0n) is 9.80. The van der Waals surface area contributed by atoms with Gasteiger partial charge >= 0.3 is 12.1 Å². The molecule has 1 unspecified atom stereocenters. The average Bonchev–Trinajstić information content (AvgIpc) is 2.13. The fourth-order valence-electron chi connectivity index (χ4n) is 1.14. The molecule has 1 atom stereocenters. The van der Waals surface area contributed by atoms with Crippen molar-refractivity contribution >= 4 is 5.97 Å². The maximum atomic E-state index is 11.9. The van der Waals surface area contributed by atoms with E-state index in [0.29, 0.717) is 0 Å². The number of esters is 1. The second-order valence-corrected chi connectivity index (χ2v) is 3.70. The van der Waals surface area contributed by atoms with Crippen molar-refractivity contribution in [3.05, 3.63) is 0 Å². The van der Waals surface area contributed by atoms with Crippen LogP contribution in [0.2, 0.25) is 0 Å².